The summed E-state index contributed by atoms with van der Waals surface area (Å²) >= 11 is 0. The van der Waals surface area contributed by atoms with Crippen molar-refractivity contribution in [2.24, 2.45) is 5.92 Å². The number of nitrogens with zero attached hydrogens (tertiary/aromatic N) is 2. The predicted octanol–water partition coefficient (Wildman–Crippen LogP) is 5.92. The molecule has 0 N–H and O–H groups in total. The van der Waals surface area contributed by atoms with E-state index in [9.17, 15) is 0 Å². The fourth-order valence-electron chi connectivity index (χ4n) is 5.99. The molecule has 0 fully saturated rings. The van der Waals surface area contributed by atoms with Gasteiger partial charge in [0.2, 0.25) is 0 Å². The maximum absolute atomic E-state index is 2.52. The number of para-hydroxylation sites is 3. The highest BCUT2D eigenvalue weighted by Crippen LogP contribution is 2.43. The molecule has 0 saturated carbocycles. The van der Waals surface area contributed by atoms with Crippen LogP contribution in [0.1, 0.15) is 13.3 Å². The first-order chi connectivity index (χ1) is 16.8. The first-order valence-corrected chi connectivity index (χ1v) is 12.1. The maximum atomic E-state index is 2.52. The van der Waals surface area contributed by atoms with Crippen LogP contribution in [0.4, 0.5) is 28.4 Å². The van der Waals surface area contributed by atoms with Gasteiger partial charge in [-0.1, -0.05) is 79.7 Å². The number of hydrogen-bond acceptors (Lipinski definition) is 2. The van der Waals surface area contributed by atoms with Crippen LogP contribution in [-0.4, -0.2) is 6.71 Å². The molecule has 4 aromatic rings. The summed E-state index contributed by atoms with van der Waals surface area (Å²) in [6.07, 6.45) is 7.86. The Morgan fingerprint density at radius 2 is 1.24 bits per heavy atom. The van der Waals surface area contributed by atoms with Crippen LogP contribution in [0.2, 0.25) is 0 Å². The van der Waals surface area contributed by atoms with Crippen molar-refractivity contribution >= 4 is 51.5 Å². The van der Waals surface area contributed by atoms with Crippen molar-refractivity contribution in [2.75, 3.05) is 9.80 Å². The van der Waals surface area contributed by atoms with E-state index in [1.54, 1.807) is 0 Å². The van der Waals surface area contributed by atoms with Gasteiger partial charge in [0.15, 0.2) is 0 Å². The monoisotopic (exact) mass is 436 g/mol. The number of hydrogen-bond donors (Lipinski definition) is 0. The second-order valence-corrected chi connectivity index (χ2v) is 9.49. The van der Waals surface area contributed by atoms with Gasteiger partial charge in [0.05, 0.1) is 0 Å². The second kappa shape index (κ2) is 7.53. The molecule has 0 saturated heterocycles. The number of fused-ring (bicyclic) bond motifs is 4. The normalized spacial score (nSPS) is 17.6. The molecule has 7 rings (SSSR count). The Morgan fingerprint density at radius 3 is 1.94 bits per heavy atom. The van der Waals surface area contributed by atoms with E-state index in [1.165, 1.54) is 50.5 Å². The van der Waals surface area contributed by atoms with Crippen molar-refractivity contribution in [1.82, 2.24) is 0 Å². The van der Waals surface area contributed by atoms with Crippen LogP contribution >= 0.6 is 0 Å². The molecule has 2 aliphatic heterocycles. The van der Waals surface area contributed by atoms with Crippen molar-refractivity contribution in [3.8, 4) is 0 Å². The minimum absolute atomic E-state index is 0.215. The van der Waals surface area contributed by atoms with Gasteiger partial charge in [-0.3, -0.25) is 0 Å². The molecule has 1 unspecified atom stereocenters. The Bertz CT molecular complexity index is 1470. The van der Waals surface area contributed by atoms with Crippen LogP contribution in [0, 0.1) is 5.92 Å². The van der Waals surface area contributed by atoms with Crippen LogP contribution < -0.4 is 26.2 Å². The van der Waals surface area contributed by atoms with E-state index in [2.05, 4.69) is 132 Å². The quantitative estimate of drug-likeness (QED) is 0.317. The van der Waals surface area contributed by atoms with E-state index >= 15 is 0 Å². The van der Waals surface area contributed by atoms with E-state index < -0.39 is 0 Å². The van der Waals surface area contributed by atoms with Gasteiger partial charge >= 0.3 is 0 Å². The molecule has 34 heavy (non-hydrogen) atoms. The molecule has 1 atom stereocenters. The van der Waals surface area contributed by atoms with Gasteiger partial charge in [0.25, 0.3) is 6.71 Å². The van der Waals surface area contributed by atoms with Crippen molar-refractivity contribution in [3.05, 3.63) is 121 Å². The molecule has 4 aromatic carbocycles. The summed E-state index contributed by atoms with van der Waals surface area (Å²) in [4.78, 5) is 4.95. The van der Waals surface area contributed by atoms with Crippen molar-refractivity contribution in [2.45, 2.75) is 13.3 Å². The lowest BCUT2D eigenvalue weighted by Crippen LogP contribution is -2.61. The number of rotatable bonds is 2. The van der Waals surface area contributed by atoms with Gasteiger partial charge in [-0.05, 0) is 71.2 Å². The fraction of sp³-hybridized carbons (Fsp3) is 0.0968. The highest BCUT2D eigenvalue weighted by molar-refractivity contribution is 7.00. The van der Waals surface area contributed by atoms with Gasteiger partial charge in [-0.25, -0.2) is 0 Å². The Kier molecular flexibility index (Phi) is 4.32. The zero-order valence-electron chi connectivity index (χ0n) is 19.2. The van der Waals surface area contributed by atoms with E-state index in [0.29, 0.717) is 5.92 Å². The number of allylic oxidation sites excluding steroid dienone is 4. The molecule has 2 heterocycles. The highest BCUT2D eigenvalue weighted by Gasteiger charge is 2.42. The van der Waals surface area contributed by atoms with Gasteiger partial charge < -0.3 is 9.80 Å². The molecular weight excluding hydrogens is 411 g/mol. The fourth-order valence-corrected chi connectivity index (χ4v) is 5.99. The van der Waals surface area contributed by atoms with Gasteiger partial charge in [-0.2, -0.15) is 0 Å². The zero-order chi connectivity index (χ0) is 22.6. The van der Waals surface area contributed by atoms with Crippen LogP contribution in [0.15, 0.2) is 121 Å². The first-order valence-electron chi connectivity index (χ1n) is 12.1. The number of anilines is 5. The molecule has 0 spiro atoms. The summed E-state index contributed by atoms with van der Waals surface area (Å²) in [6.45, 7) is 2.52. The van der Waals surface area contributed by atoms with Gasteiger partial charge in [-0.15, -0.1) is 0 Å². The summed E-state index contributed by atoms with van der Waals surface area (Å²) in [5.41, 5.74) is 11.8. The maximum Gasteiger partial charge on any atom is 0.252 e. The molecule has 0 aromatic heterocycles. The lowest BCUT2D eigenvalue weighted by molar-refractivity contribution is 0.696. The first kappa shape index (κ1) is 19.5. The minimum atomic E-state index is 0.215. The standard InChI is InChI=1S/C31H25BN2/c1-22-11-9-14-24(21-22)34-28-18-8-6-16-26(28)32-25-15-5-7-17-27(25)33(23-12-3-2-4-13-23)29-19-10-20-30(34)31(29)32/h2-20,22H,21H2,1H3. The smallest absolute Gasteiger partial charge is 0.252 e. The molecule has 0 bridgehead atoms. The van der Waals surface area contributed by atoms with Crippen LogP contribution in [0.3, 0.4) is 0 Å². The van der Waals surface area contributed by atoms with Crippen molar-refractivity contribution in [3.63, 3.8) is 0 Å². The van der Waals surface area contributed by atoms with E-state index in [4.69, 9.17) is 0 Å². The molecule has 162 valence electrons. The largest absolute Gasteiger partial charge is 0.315 e. The minimum Gasteiger partial charge on any atom is -0.315 e. The third-order valence-electron chi connectivity index (χ3n) is 7.37. The molecule has 0 amide bonds. The third-order valence-corrected chi connectivity index (χ3v) is 7.37. The van der Waals surface area contributed by atoms with E-state index in [0.717, 1.165) is 6.42 Å². The molecule has 1 aliphatic carbocycles. The number of benzene rings is 4. The van der Waals surface area contributed by atoms with Gasteiger partial charge in [0.1, 0.15) is 0 Å². The van der Waals surface area contributed by atoms with Gasteiger partial charge in [0, 0.05) is 34.1 Å². The zero-order valence-corrected chi connectivity index (χ0v) is 19.2. The average Bonchev–Trinajstić information content (AvgIpc) is 2.89. The summed E-state index contributed by atoms with van der Waals surface area (Å²) in [5, 5.41) is 0. The average molecular weight is 436 g/mol. The Hall–Kier alpha value is -3.98. The summed E-state index contributed by atoms with van der Waals surface area (Å²) in [6, 6.07) is 35.5. The third kappa shape index (κ3) is 2.77. The van der Waals surface area contributed by atoms with Crippen molar-refractivity contribution in [1.29, 1.82) is 0 Å². The highest BCUT2D eigenvalue weighted by atomic mass is 15.2. The summed E-state index contributed by atoms with van der Waals surface area (Å²) < 4.78 is 0. The van der Waals surface area contributed by atoms with Crippen molar-refractivity contribution < 1.29 is 0 Å². The Morgan fingerprint density at radius 1 is 0.647 bits per heavy atom. The SMILES string of the molecule is CC1C=CC=C(N2c3ccccc3B3c4ccccc4N(c4ccccc4)c4cccc2c43)C1. The molecular formula is C31H25BN2. The second-order valence-electron chi connectivity index (χ2n) is 9.49. The Balaban J connectivity index is 1.55. The van der Waals surface area contributed by atoms with Crippen LogP contribution in [0.25, 0.3) is 0 Å². The molecule has 3 aliphatic rings. The lowest BCUT2D eigenvalue weighted by atomic mass is 9.33. The summed E-state index contributed by atoms with van der Waals surface area (Å²) in [5.74, 6) is 0.533. The molecule has 2 nitrogen and oxygen atoms in total. The molecule has 0 radical (unpaired) electrons. The topological polar surface area (TPSA) is 6.48 Å². The molecule has 3 heteroatoms. The van der Waals surface area contributed by atoms with Crippen LogP contribution in [-0.2, 0) is 0 Å². The van der Waals surface area contributed by atoms with Crippen LogP contribution in [0.5, 0.6) is 0 Å². The Labute approximate surface area is 201 Å². The van der Waals surface area contributed by atoms with E-state index in [-0.39, 0.29) is 6.71 Å². The lowest BCUT2D eigenvalue weighted by Gasteiger charge is -2.45. The van der Waals surface area contributed by atoms with E-state index in [1.807, 2.05) is 0 Å². The summed E-state index contributed by atoms with van der Waals surface area (Å²) in [7, 11) is 0. The predicted molar refractivity (Wildman–Crippen MR) is 145 cm³/mol.